The summed E-state index contributed by atoms with van der Waals surface area (Å²) >= 11 is 0. The maximum atomic E-state index is 14.1. The van der Waals surface area contributed by atoms with Crippen molar-refractivity contribution in [3.63, 3.8) is 0 Å². The van der Waals surface area contributed by atoms with E-state index < -0.39 is 0 Å². The van der Waals surface area contributed by atoms with Crippen LogP contribution in [0.3, 0.4) is 0 Å². The van der Waals surface area contributed by atoms with Gasteiger partial charge in [0.05, 0.1) is 24.8 Å². The first-order valence-corrected chi connectivity index (χ1v) is 13.4. The minimum atomic E-state index is -0.128. The van der Waals surface area contributed by atoms with E-state index in [-0.39, 0.29) is 17.7 Å². The normalized spacial score (nSPS) is 19.1. The van der Waals surface area contributed by atoms with Gasteiger partial charge in [0, 0.05) is 32.4 Å². The molecule has 1 fully saturated rings. The highest BCUT2D eigenvalue weighted by Crippen LogP contribution is 2.38. The summed E-state index contributed by atoms with van der Waals surface area (Å²) in [5, 5.41) is 3.48. The van der Waals surface area contributed by atoms with Gasteiger partial charge in [-0.05, 0) is 60.7 Å². The van der Waals surface area contributed by atoms with Crippen LogP contribution in [0.5, 0.6) is 5.75 Å². The fraction of sp³-hybridized carbons (Fsp3) is 0.387. The third-order valence-electron chi connectivity index (χ3n) is 7.58. The van der Waals surface area contributed by atoms with Crippen LogP contribution in [0.2, 0.25) is 0 Å². The van der Waals surface area contributed by atoms with Crippen molar-refractivity contribution in [1.82, 2.24) is 5.32 Å². The van der Waals surface area contributed by atoms with Gasteiger partial charge in [0.25, 0.3) is 0 Å². The number of benzene rings is 3. The maximum Gasteiger partial charge on any atom is 0.231 e. The van der Waals surface area contributed by atoms with E-state index in [1.807, 2.05) is 23.1 Å². The second kappa shape index (κ2) is 11.8. The number of amides is 1. The summed E-state index contributed by atoms with van der Waals surface area (Å²) in [5.41, 5.74) is 5.58. The molecule has 1 saturated heterocycles. The average Bonchev–Trinajstić information content (AvgIpc) is 2.97. The summed E-state index contributed by atoms with van der Waals surface area (Å²) in [7, 11) is 1.72. The molecule has 2 heterocycles. The lowest BCUT2D eigenvalue weighted by Crippen LogP contribution is -2.46. The summed E-state index contributed by atoms with van der Waals surface area (Å²) in [5.74, 6) is 1.08. The summed E-state index contributed by atoms with van der Waals surface area (Å²) in [4.78, 5) is 18.3. The van der Waals surface area contributed by atoms with Crippen molar-refractivity contribution >= 4 is 17.3 Å². The van der Waals surface area contributed by atoms with Crippen LogP contribution in [0.4, 0.5) is 11.4 Å². The first-order valence-electron chi connectivity index (χ1n) is 13.4. The molecule has 0 radical (unpaired) electrons. The van der Waals surface area contributed by atoms with Gasteiger partial charge in [-0.3, -0.25) is 4.79 Å². The fourth-order valence-electron chi connectivity index (χ4n) is 5.63. The SMILES string of the molecule is CCN(C(=O)[C@H]1CNCC[C@@H]1c1cccc(-c2ccccc2)c1)c1ccc2c(c1)N(CCOC)CCO2. The van der Waals surface area contributed by atoms with E-state index in [0.717, 1.165) is 43.2 Å². The van der Waals surface area contributed by atoms with Gasteiger partial charge >= 0.3 is 0 Å². The van der Waals surface area contributed by atoms with E-state index in [1.165, 1.54) is 16.7 Å². The van der Waals surface area contributed by atoms with Crippen molar-refractivity contribution < 1.29 is 14.3 Å². The Morgan fingerprint density at radius 3 is 2.73 bits per heavy atom. The van der Waals surface area contributed by atoms with Gasteiger partial charge in [-0.25, -0.2) is 0 Å². The quantitative estimate of drug-likeness (QED) is 0.476. The van der Waals surface area contributed by atoms with E-state index in [4.69, 9.17) is 9.47 Å². The lowest BCUT2D eigenvalue weighted by atomic mass is 9.79. The van der Waals surface area contributed by atoms with Crippen molar-refractivity contribution in [1.29, 1.82) is 0 Å². The van der Waals surface area contributed by atoms with Crippen LogP contribution in [0.1, 0.15) is 24.8 Å². The molecule has 1 N–H and O–H groups in total. The third kappa shape index (κ3) is 5.50. The molecule has 6 nitrogen and oxygen atoms in total. The molecule has 0 spiro atoms. The van der Waals surface area contributed by atoms with Crippen LogP contribution in [-0.2, 0) is 9.53 Å². The molecule has 194 valence electrons. The molecule has 6 heteroatoms. The maximum absolute atomic E-state index is 14.1. The van der Waals surface area contributed by atoms with E-state index in [2.05, 4.69) is 71.7 Å². The number of nitrogens with one attached hydrogen (secondary N) is 1. The number of hydrogen-bond donors (Lipinski definition) is 1. The largest absolute Gasteiger partial charge is 0.490 e. The third-order valence-corrected chi connectivity index (χ3v) is 7.58. The lowest BCUT2D eigenvalue weighted by molar-refractivity contribution is -0.123. The number of piperidine rings is 1. The minimum absolute atomic E-state index is 0.128. The van der Waals surface area contributed by atoms with Gasteiger partial charge < -0.3 is 24.6 Å². The van der Waals surface area contributed by atoms with Gasteiger partial charge in [-0.1, -0.05) is 54.6 Å². The van der Waals surface area contributed by atoms with Crippen LogP contribution < -0.4 is 19.9 Å². The summed E-state index contributed by atoms with van der Waals surface area (Å²) in [6.07, 6.45) is 0.940. The number of hydrogen-bond acceptors (Lipinski definition) is 5. The molecule has 2 aliphatic heterocycles. The highest BCUT2D eigenvalue weighted by atomic mass is 16.5. The van der Waals surface area contributed by atoms with Crippen LogP contribution in [0, 0.1) is 5.92 Å². The molecule has 3 aromatic carbocycles. The van der Waals surface area contributed by atoms with Crippen molar-refractivity contribution in [2.75, 3.05) is 62.8 Å². The Kier molecular flexibility index (Phi) is 8.07. The molecule has 0 aliphatic carbocycles. The highest BCUT2D eigenvalue weighted by Gasteiger charge is 2.35. The van der Waals surface area contributed by atoms with Gasteiger partial charge in [-0.15, -0.1) is 0 Å². The number of ether oxygens (including phenoxy) is 2. The Hall–Kier alpha value is -3.35. The molecule has 2 aliphatic rings. The minimum Gasteiger partial charge on any atom is -0.490 e. The number of nitrogens with zero attached hydrogens (tertiary/aromatic N) is 2. The predicted molar refractivity (Wildman–Crippen MR) is 150 cm³/mol. The van der Waals surface area contributed by atoms with E-state index >= 15 is 0 Å². The second-order valence-corrected chi connectivity index (χ2v) is 9.76. The van der Waals surface area contributed by atoms with E-state index in [9.17, 15) is 4.79 Å². The summed E-state index contributed by atoms with van der Waals surface area (Å²) < 4.78 is 11.2. The predicted octanol–water partition coefficient (Wildman–Crippen LogP) is 4.95. The zero-order chi connectivity index (χ0) is 25.6. The molecule has 2 atom stereocenters. The number of methoxy groups -OCH3 is 1. The number of carbonyl (C=O) groups excluding carboxylic acids is 1. The van der Waals surface area contributed by atoms with Crippen molar-refractivity contribution in [2.24, 2.45) is 5.92 Å². The average molecular weight is 500 g/mol. The zero-order valence-corrected chi connectivity index (χ0v) is 21.9. The van der Waals surface area contributed by atoms with Gasteiger partial charge in [0.2, 0.25) is 5.91 Å². The van der Waals surface area contributed by atoms with Crippen LogP contribution >= 0.6 is 0 Å². The molecule has 1 amide bonds. The molecule has 0 aromatic heterocycles. The Morgan fingerprint density at radius 2 is 1.92 bits per heavy atom. The van der Waals surface area contributed by atoms with Crippen molar-refractivity contribution in [2.45, 2.75) is 19.3 Å². The zero-order valence-electron chi connectivity index (χ0n) is 21.9. The number of rotatable bonds is 8. The highest BCUT2D eigenvalue weighted by molar-refractivity contribution is 5.96. The molecule has 0 saturated carbocycles. The number of fused-ring (bicyclic) bond motifs is 1. The van der Waals surface area contributed by atoms with Gasteiger partial charge in [-0.2, -0.15) is 0 Å². The number of carbonyl (C=O) groups is 1. The van der Waals surface area contributed by atoms with E-state index in [0.29, 0.717) is 26.3 Å². The van der Waals surface area contributed by atoms with Crippen LogP contribution in [-0.4, -0.2) is 59.0 Å². The fourth-order valence-corrected chi connectivity index (χ4v) is 5.63. The Balaban J connectivity index is 1.42. The van der Waals surface area contributed by atoms with Gasteiger partial charge in [0.1, 0.15) is 12.4 Å². The number of anilines is 2. The van der Waals surface area contributed by atoms with Crippen LogP contribution in [0.15, 0.2) is 72.8 Å². The second-order valence-electron chi connectivity index (χ2n) is 9.76. The molecule has 37 heavy (non-hydrogen) atoms. The summed E-state index contributed by atoms with van der Waals surface area (Å²) in [6, 6.07) is 25.3. The first-order chi connectivity index (χ1) is 18.2. The Bertz CT molecular complexity index is 1200. The monoisotopic (exact) mass is 499 g/mol. The molecule has 3 aromatic rings. The topological polar surface area (TPSA) is 54.0 Å². The van der Waals surface area contributed by atoms with E-state index in [1.54, 1.807) is 7.11 Å². The summed E-state index contributed by atoms with van der Waals surface area (Å²) in [6.45, 7) is 7.18. The molecular formula is C31H37N3O3. The van der Waals surface area contributed by atoms with Crippen molar-refractivity contribution in [3.05, 3.63) is 78.4 Å². The van der Waals surface area contributed by atoms with Crippen molar-refractivity contribution in [3.8, 4) is 16.9 Å². The standard InChI is InChI=1S/C31H37N3O3/c1-3-34(26-12-13-30-29(21-26)33(16-18-36-2)17-19-37-30)31(35)28-22-32-15-14-27(28)25-11-7-10-24(20-25)23-8-5-4-6-9-23/h4-13,20-21,27-28,32H,3,14-19,22H2,1-2H3/t27-,28+/m1/s1. The first kappa shape index (κ1) is 25.3. The molecular weight excluding hydrogens is 462 g/mol. The lowest BCUT2D eigenvalue weighted by Gasteiger charge is -2.36. The molecule has 0 unspecified atom stereocenters. The van der Waals surface area contributed by atoms with Gasteiger partial charge in [0.15, 0.2) is 0 Å². The molecule has 5 rings (SSSR count). The Labute approximate surface area is 220 Å². The smallest absolute Gasteiger partial charge is 0.231 e. The van der Waals surface area contributed by atoms with Crippen LogP contribution in [0.25, 0.3) is 11.1 Å². The Morgan fingerprint density at radius 1 is 1.08 bits per heavy atom. The molecule has 0 bridgehead atoms.